The van der Waals surface area contributed by atoms with Gasteiger partial charge in [0, 0.05) is 32.1 Å². The number of ether oxygens (including phenoxy) is 1. The van der Waals surface area contributed by atoms with Crippen molar-refractivity contribution in [3.05, 3.63) is 0 Å². The van der Waals surface area contributed by atoms with Gasteiger partial charge >= 0.3 is 12.1 Å². The summed E-state index contributed by atoms with van der Waals surface area (Å²) in [6.07, 6.45) is 0.175. The van der Waals surface area contributed by atoms with Crippen molar-refractivity contribution in [1.29, 1.82) is 0 Å². The summed E-state index contributed by atoms with van der Waals surface area (Å²) in [5.74, 6) is -0.885. The summed E-state index contributed by atoms with van der Waals surface area (Å²) < 4.78 is 5.22. The summed E-state index contributed by atoms with van der Waals surface area (Å²) >= 11 is 0. The first kappa shape index (κ1) is 17.7. The van der Waals surface area contributed by atoms with Crippen LogP contribution in [0.15, 0.2) is 0 Å². The maximum Gasteiger partial charge on any atom is 0.407 e. The Morgan fingerprint density at radius 2 is 2.00 bits per heavy atom. The number of piperidine rings is 1. The summed E-state index contributed by atoms with van der Waals surface area (Å²) in [5.41, 5.74) is -0.565. The van der Waals surface area contributed by atoms with Gasteiger partial charge in [-0.25, -0.2) is 4.79 Å². The van der Waals surface area contributed by atoms with Gasteiger partial charge in [-0.3, -0.25) is 9.69 Å². The largest absolute Gasteiger partial charge is 0.481 e. The number of rotatable bonds is 5. The van der Waals surface area contributed by atoms with E-state index in [-0.39, 0.29) is 25.0 Å². The number of alkyl carbamates (subject to hydrolysis) is 1. The maximum atomic E-state index is 11.8. The fourth-order valence-electron chi connectivity index (χ4n) is 2.60. The van der Waals surface area contributed by atoms with E-state index in [4.69, 9.17) is 14.9 Å². The Hall–Kier alpha value is -1.34. The number of carboxylic acids is 1. The molecule has 0 aromatic heterocycles. The van der Waals surface area contributed by atoms with E-state index < -0.39 is 17.7 Å². The normalized spacial score (nSPS) is 23.6. The van der Waals surface area contributed by atoms with Crippen molar-refractivity contribution in [2.75, 3.05) is 26.2 Å². The zero-order valence-corrected chi connectivity index (χ0v) is 13.0. The molecule has 0 radical (unpaired) electrons. The lowest BCUT2D eigenvalue weighted by molar-refractivity contribution is -0.138. The van der Waals surface area contributed by atoms with E-state index in [1.165, 1.54) is 0 Å². The van der Waals surface area contributed by atoms with E-state index in [9.17, 15) is 9.59 Å². The van der Waals surface area contributed by atoms with Gasteiger partial charge in [-0.05, 0) is 33.1 Å². The molecule has 2 unspecified atom stereocenters. The molecule has 0 aromatic rings. The lowest BCUT2D eigenvalue weighted by atomic mass is 9.91. The second kappa shape index (κ2) is 7.61. The molecule has 0 aromatic carbocycles. The summed E-state index contributed by atoms with van der Waals surface area (Å²) in [5, 5.41) is 20.8. The Labute approximate surface area is 125 Å². The molecule has 122 valence electrons. The maximum absolute atomic E-state index is 11.8. The van der Waals surface area contributed by atoms with Gasteiger partial charge in [0.1, 0.15) is 5.60 Å². The highest BCUT2D eigenvalue weighted by molar-refractivity contribution is 5.68. The first-order valence-electron chi connectivity index (χ1n) is 7.24. The molecule has 2 atom stereocenters. The summed E-state index contributed by atoms with van der Waals surface area (Å²) in [6.45, 7) is 7.08. The van der Waals surface area contributed by atoms with Crippen LogP contribution in [-0.2, 0) is 9.53 Å². The second-order valence-electron chi connectivity index (χ2n) is 6.53. The molecule has 1 aliphatic heterocycles. The van der Waals surface area contributed by atoms with Crippen molar-refractivity contribution in [1.82, 2.24) is 10.2 Å². The van der Waals surface area contributed by atoms with E-state index in [1.54, 1.807) is 20.8 Å². The highest BCUT2D eigenvalue weighted by Gasteiger charge is 2.30. The molecule has 1 saturated heterocycles. The molecule has 1 aliphatic rings. The molecule has 21 heavy (non-hydrogen) atoms. The Balaban J connectivity index is 2.58. The van der Waals surface area contributed by atoms with Crippen LogP contribution < -0.4 is 5.32 Å². The SMILES string of the molecule is CC(C)(C)OC(=O)NC1CC(CC(=O)O)CN(CCO)C1. The third-order valence-corrected chi connectivity index (χ3v) is 3.21. The van der Waals surface area contributed by atoms with Crippen molar-refractivity contribution in [2.24, 2.45) is 5.92 Å². The molecule has 0 saturated carbocycles. The molecule has 0 bridgehead atoms. The van der Waals surface area contributed by atoms with Crippen LogP contribution in [0.1, 0.15) is 33.6 Å². The number of nitrogens with zero attached hydrogens (tertiary/aromatic N) is 1. The average Bonchev–Trinajstić information content (AvgIpc) is 2.24. The predicted molar refractivity (Wildman–Crippen MR) is 77.0 cm³/mol. The predicted octanol–water partition coefficient (Wildman–Crippen LogP) is 0.669. The van der Waals surface area contributed by atoms with Crippen molar-refractivity contribution in [2.45, 2.75) is 45.3 Å². The van der Waals surface area contributed by atoms with Gasteiger partial charge in [-0.1, -0.05) is 0 Å². The van der Waals surface area contributed by atoms with Crippen LogP contribution >= 0.6 is 0 Å². The number of amides is 1. The minimum atomic E-state index is -0.845. The third kappa shape index (κ3) is 7.29. The molecule has 3 N–H and O–H groups in total. The number of nitrogens with one attached hydrogen (secondary N) is 1. The topological polar surface area (TPSA) is 99.1 Å². The zero-order valence-electron chi connectivity index (χ0n) is 13.0. The van der Waals surface area contributed by atoms with E-state index in [0.717, 1.165) is 0 Å². The molecule has 1 rings (SSSR count). The van der Waals surface area contributed by atoms with Crippen LogP contribution in [0.4, 0.5) is 4.79 Å². The molecular weight excluding hydrogens is 276 g/mol. The average molecular weight is 302 g/mol. The first-order chi connectivity index (χ1) is 9.69. The summed E-state index contributed by atoms with van der Waals surface area (Å²) in [7, 11) is 0. The number of hydrogen-bond acceptors (Lipinski definition) is 5. The molecule has 7 heteroatoms. The number of aliphatic carboxylic acids is 1. The summed E-state index contributed by atoms with van der Waals surface area (Å²) in [4.78, 5) is 24.6. The van der Waals surface area contributed by atoms with Crippen LogP contribution in [0, 0.1) is 5.92 Å². The Morgan fingerprint density at radius 3 is 2.52 bits per heavy atom. The Kier molecular flexibility index (Phi) is 6.42. The monoisotopic (exact) mass is 302 g/mol. The van der Waals surface area contributed by atoms with Crippen LogP contribution in [0.5, 0.6) is 0 Å². The smallest absolute Gasteiger partial charge is 0.407 e. The van der Waals surface area contributed by atoms with Gasteiger partial charge in [-0.2, -0.15) is 0 Å². The number of hydrogen-bond donors (Lipinski definition) is 3. The van der Waals surface area contributed by atoms with Crippen LogP contribution in [0.3, 0.4) is 0 Å². The van der Waals surface area contributed by atoms with Gasteiger partial charge < -0.3 is 20.3 Å². The van der Waals surface area contributed by atoms with E-state index in [2.05, 4.69) is 5.32 Å². The number of likely N-dealkylation sites (tertiary alicyclic amines) is 1. The molecule has 0 spiro atoms. The Bertz CT molecular complexity index is 367. The number of carbonyl (C=O) groups is 2. The van der Waals surface area contributed by atoms with Crippen molar-refractivity contribution in [3.63, 3.8) is 0 Å². The lowest BCUT2D eigenvalue weighted by Crippen LogP contribution is -2.52. The van der Waals surface area contributed by atoms with Gasteiger partial charge in [0.05, 0.1) is 6.61 Å². The van der Waals surface area contributed by atoms with Crippen molar-refractivity contribution < 1.29 is 24.5 Å². The van der Waals surface area contributed by atoms with Crippen LogP contribution in [-0.4, -0.2) is 65.1 Å². The van der Waals surface area contributed by atoms with E-state index >= 15 is 0 Å². The first-order valence-corrected chi connectivity index (χ1v) is 7.24. The fraction of sp³-hybridized carbons (Fsp3) is 0.857. The van der Waals surface area contributed by atoms with Crippen molar-refractivity contribution in [3.8, 4) is 0 Å². The number of aliphatic hydroxyl groups excluding tert-OH is 1. The standard InChI is InChI=1S/C14H26N2O5/c1-14(2,3)21-13(20)15-11-6-10(7-12(18)19)8-16(9-11)4-5-17/h10-11,17H,4-9H2,1-3H3,(H,15,20)(H,18,19). The minimum absolute atomic E-state index is 0.0128. The van der Waals surface area contributed by atoms with Crippen molar-refractivity contribution >= 4 is 12.1 Å². The highest BCUT2D eigenvalue weighted by Crippen LogP contribution is 2.20. The Morgan fingerprint density at radius 1 is 1.33 bits per heavy atom. The van der Waals surface area contributed by atoms with Gasteiger partial charge in [-0.15, -0.1) is 0 Å². The number of carboxylic acid groups (broad SMARTS) is 1. The second-order valence-corrected chi connectivity index (χ2v) is 6.53. The number of carbonyl (C=O) groups excluding carboxylic acids is 1. The van der Waals surface area contributed by atoms with E-state index in [1.807, 2.05) is 4.90 Å². The fourth-order valence-corrected chi connectivity index (χ4v) is 2.60. The van der Waals surface area contributed by atoms with Crippen LogP contribution in [0.2, 0.25) is 0 Å². The lowest BCUT2D eigenvalue weighted by Gasteiger charge is -2.37. The minimum Gasteiger partial charge on any atom is -0.481 e. The molecular formula is C14H26N2O5. The third-order valence-electron chi connectivity index (χ3n) is 3.21. The number of β-amino-alcohol motifs (C(OH)–C–C–N with tert-alkyl or cyclic N) is 1. The highest BCUT2D eigenvalue weighted by atomic mass is 16.6. The van der Waals surface area contributed by atoms with E-state index in [0.29, 0.717) is 26.1 Å². The molecule has 1 heterocycles. The number of aliphatic hydroxyl groups is 1. The summed E-state index contributed by atoms with van der Waals surface area (Å²) in [6, 6.07) is -0.163. The quantitative estimate of drug-likeness (QED) is 0.690. The molecule has 1 fully saturated rings. The van der Waals surface area contributed by atoms with Gasteiger partial charge in [0.2, 0.25) is 0 Å². The molecule has 1 amide bonds. The van der Waals surface area contributed by atoms with Gasteiger partial charge in [0.15, 0.2) is 0 Å². The van der Waals surface area contributed by atoms with Gasteiger partial charge in [0.25, 0.3) is 0 Å². The zero-order chi connectivity index (χ0) is 16.0. The van der Waals surface area contributed by atoms with Crippen LogP contribution in [0.25, 0.3) is 0 Å². The molecule has 7 nitrogen and oxygen atoms in total. The molecule has 0 aliphatic carbocycles.